The van der Waals surface area contributed by atoms with E-state index in [1.165, 1.54) is 19.3 Å². The zero-order chi connectivity index (χ0) is 22.1. The zero-order valence-electron chi connectivity index (χ0n) is 19.3. The second kappa shape index (κ2) is 9.01. The number of carbonyl (C=O) groups excluding carboxylic acids is 1. The van der Waals surface area contributed by atoms with Crippen molar-refractivity contribution < 1.29 is 9.53 Å². The molecule has 3 fully saturated rings. The Hall–Kier alpha value is -2.14. The highest BCUT2D eigenvalue weighted by atomic mass is 16.5. The molecule has 5 heteroatoms. The number of hydrogen-bond acceptors (Lipinski definition) is 4. The first-order valence-corrected chi connectivity index (χ1v) is 12.5. The van der Waals surface area contributed by atoms with Crippen molar-refractivity contribution in [3.05, 3.63) is 40.3 Å². The predicted octanol–water partition coefficient (Wildman–Crippen LogP) is 4.90. The molecule has 5 nitrogen and oxygen atoms in total. The van der Waals surface area contributed by atoms with Gasteiger partial charge in [0.2, 0.25) is 0 Å². The number of rotatable bonds is 7. The average Bonchev–Trinajstić information content (AvgIpc) is 3.48. The number of benzene rings is 1. The number of Topliss-reactive ketones (excluding diaryl/α,β-unsaturated/α-hetero) is 1. The minimum atomic E-state index is -0.0502. The third-order valence-corrected chi connectivity index (χ3v) is 8.40. The standard InChI is InChI=1S/C27H36N2O3/c1-18-14-24-20(8-13-29-26(24)31)16-25(18)32-23-4-9-27(10-5-23)17-21(27)2-3-22(30)15-19-6-11-28-12-7-19/h8,13-14,16,19,21,23,28H,2-7,9-12,15,17H2,1H3,(H,29,31). The van der Waals surface area contributed by atoms with Crippen molar-refractivity contribution in [1.82, 2.24) is 10.3 Å². The predicted molar refractivity (Wildman–Crippen MR) is 127 cm³/mol. The molecule has 2 heterocycles. The number of ketones is 1. The van der Waals surface area contributed by atoms with Crippen LogP contribution in [0.25, 0.3) is 10.8 Å². The molecular formula is C27H36N2O3. The number of aryl methyl sites for hydroxylation is 1. The topological polar surface area (TPSA) is 71.2 Å². The Balaban J connectivity index is 1.10. The van der Waals surface area contributed by atoms with Crippen molar-refractivity contribution in [2.45, 2.75) is 77.2 Å². The van der Waals surface area contributed by atoms with Gasteiger partial charge in [0, 0.05) is 24.4 Å². The van der Waals surface area contributed by atoms with Crippen molar-refractivity contribution in [3.63, 3.8) is 0 Å². The fourth-order valence-corrected chi connectivity index (χ4v) is 6.21. The molecule has 1 aromatic carbocycles. The summed E-state index contributed by atoms with van der Waals surface area (Å²) < 4.78 is 6.40. The summed E-state index contributed by atoms with van der Waals surface area (Å²) in [6, 6.07) is 5.88. The minimum absolute atomic E-state index is 0.0502. The van der Waals surface area contributed by atoms with Crippen LogP contribution in [0.1, 0.15) is 69.8 Å². The fourth-order valence-electron chi connectivity index (χ4n) is 6.21. The van der Waals surface area contributed by atoms with Gasteiger partial charge in [-0.05, 0) is 118 Å². The van der Waals surface area contributed by atoms with Crippen LogP contribution in [0.2, 0.25) is 0 Å². The van der Waals surface area contributed by atoms with Gasteiger partial charge in [-0.3, -0.25) is 9.59 Å². The quantitative estimate of drug-likeness (QED) is 0.647. The van der Waals surface area contributed by atoms with Crippen LogP contribution in [0.15, 0.2) is 29.2 Å². The van der Waals surface area contributed by atoms with E-state index in [4.69, 9.17) is 4.74 Å². The Bertz CT molecular complexity index is 1030. The van der Waals surface area contributed by atoms with E-state index in [1.807, 2.05) is 25.1 Å². The van der Waals surface area contributed by atoms with E-state index >= 15 is 0 Å². The first-order valence-electron chi connectivity index (χ1n) is 12.5. The molecule has 3 aliphatic rings. The van der Waals surface area contributed by atoms with Crippen LogP contribution >= 0.6 is 0 Å². The van der Waals surface area contributed by atoms with E-state index in [-0.39, 0.29) is 11.7 Å². The third-order valence-electron chi connectivity index (χ3n) is 8.40. The summed E-state index contributed by atoms with van der Waals surface area (Å²) in [7, 11) is 0. The molecule has 1 atom stereocenters. The molecule has 32 heavy (non-hydrogen) atoms. The van der Waals surface area contributed by atoms with E-state index in [2.05, 4.69) is 10.3 Å². The first-order chi connectivity index (χ1) is 15.5. The number of carbonyl (C=O) groups is 1. The lowest BCUT2D eigenvalue weighted by atomic mass is 9.81. The number of pyridine rings is 1. The monoisotopic (exact) mass is 436 g/mol. The van der Waals surface area contributed by atoms with Gasteiger partial charge in [-0.15, -0.1) is 0 Å². The normalized spacial score (nSPS) is 28.2. The van der Waals surface area contributed by atoms with E-state index in [0.29, 0.717) is 17.1 Å². The average molecular weight is 437 g/mol. The molecule has 0 amide bonds. The van der Waals surface area contributed by atoms with Crippen molar-refractivity contribution in [2.24, 2.45) is 17.3 Å². The summed E-state index contributed by atoms with van der Waals surface area (Å²) in [4.78, 5) is 27.2. The number of piperidine rings is 1. The molecular weight excluding hydrogens is 400 g/mol. The molecule has 5 rings (SSSR count). The van der Waals surface area contributed by atoms with Crippen molar-refractivity contribution in [2.75, 3.05) is 13.1 Å². The van der Waals surface area contributed by atoms with Crippen LogP contribution in [-0.4, -0.2) is 30.0 Å². The fraction of sp³-hybridized carbons (Fsp3) is 0.630. The highest BCUT2D eigenvalue weighted by Crippen LogP contribution is 2.63. The number of hydrogen-bond donors (Lipinski definition) is 2. The molecule has 2 saturated carbocycles. The van der Waals surface area contributed by atoms with Gasteiger partial charge in [-0.25, -0.2) is 0 Å². The van der Waals surface area contributed by atoms with Gasteiger partial charge in [0.05, 0.1) is 6.10 Å². The molecule has 2 aliphatic carbocycles. The lowest BCUT2D eigenvalue weighted by molar-refractivity contribution is -0.120. The van der Waals surface area contributed by atoms with Crippen molar-refractivity contribution >= 4 is 16.6 Å². The molecule has 172 valence electrons. The van der Waals surface area contributed by atoms with Gasteiger partial charge in [-0.1, -0.05) is 0 Å². The van der Waals surface area contributed by atoms with Crippen molar-refractivity contribution in [1.29, 1.82) is 0 Å². The Kier molecular flexibility index (Phi) is 6.11. The maximum Gasteiger partial charge on any atom is 0.255 e. The number of ether oxygens (including phenoxy) is 1. The van der Waals surface area contributed by atoms with Gasteiger partial charge in [0.1, 0.15) is 11.5 Å². The van der Waals surface area contributed by atoms with Crippen LogP contribution in [0.5, 0.6) is 5.75 Å². The summed E-state index contributed by atoms with van der Waals surface area (Å²) in [6.45, 7) is 4.16. The van der Waals surface area contributed by atoms with Gasteiger partial charge in [0.25, 0.3) is 5.56 Å². The summed E-state index contributed by atoms with van der Waals surface area (Å²) in [5.41, 5.74) is 1.46. The van der Waals surface area contributed by atoms with Crippen LogP contribution < -0.4 is 15.6 Å². The second-order valence-electron chi connectivity index (χ2n) is 10.6. The molecule has 2 aromatic rings. The number of H-pyrrole nitrogens is 1. The summed E-state index contributed by atoms with van der Waals surface area (Å²) in [6.07, 6.45) is 12.9. The smallest absolute Gasteiger partial charge is 0.255 e. The molecule has 0 radical (unpaired) electrons. The molecule has 1 aromatic heterocycles. The Labute approximate surface area is 190 Å². The maximum atomic E-state index is 12.5. The van der Waals surface area contributed by atoms with Gasteiger partial charge >= 0.3 is 0 Å². The van der Waals surface area contributed by atoms with Crippen molar-refractivity contribution in [3.8, 4) is 5.75 Å². The Morgan fingerprint density at radius 3 is 2.72 bits per heavy atom. The third kappa shape index (κ3) is 4.63. The van der Waals surface area contributed by atoms with Gasteiger partial charge < -0.3 is 15.0 Å². The molecule has 2 N–H and O–H groups in total. The molecule has 1 unspecified atom stereocenters. The summed E-state index contributed by atoms with van der Waals surface area (Å²) in [5.74, 6) is 2.75. The number of aromatic nitrogens is 1. The number of aromatic amines is 1. The van der Waals surface area contributed by atoms with E-state index in [1.54, 1.807) is 6.20 Å². The second-order valence-corrected chi connectivity index (χ2v) is 10.6. The van der Waals surface area contributed by atoms with Gasteiger partial charge in [0.15, 0.2) is 0 Å². The van der Waals surface area contributed by atoms with E-state index < -0.39 is 0 Å². The van der Waals surface area contributed by atoms with E-state index in [0.717, 1.165) is 86.0 Å². The largest absolute Gasteiger partial charge is 0.490 e. The van der Waals surface area contributed by atoms with Crippen LogP contribution in [0.3, 0.4) is 0 Å². The molecule has 1 saturated heterocycles. The molecule has 1 aliphatic heterocycles. The highest BCUT2D eigenvalue weighted by Gasteiger charge is 2.54. The van der Waals surface area contributed by atoms with Gasteiger partial charge in [-0.2, -0.15) is 0 Å². The zero-order valence-corrected chi connectivity index (χ0v) is 19.3. The highest BCUT2D eigenvalue weighted by molar-refractivity contribution is 5.83. The number of nitrogens with one attached hydrogen (secondary N) is 2. The molecule has 0 bridgehead atoms. The Morgan fingerprint density at radius 2 is 1.94 bits per heavy atom. The SMILES string of the molecule is Cc1cc2c(=O)[nH]ccc2cc1OC1CCC2(CC1)CC2CCC(=O)CC1CCNCC1. The lowest BCUT2D eigenvalue weighted by Crippen LogP contribution is -2.29. The first kappa shape index (κ1) is 21.7. The van der Waals surface area contributed by atoms with Crippen LogP contribution in [-0.2, 0) is 4.79 Å². The summed E-state index contributed by atoms with van der Waals surface area (Å²) >= 11 is 0. The van der Waals surface area contributed by atoms with Crippen LogP contribution in [0, 0.1) is 24.2 Å². The van der Waals surface area contributed by atoms with Crippen LogP contribution in [0.4, 0.5) is 0 Å². The number of fused-ring (bicyclic) bond motifs is 1. The molecule has 1 spiro atoms. The maximum absolute atomic E-state index is 12.5. The van der Waals surface area contributed by atoms with E-state index in [9.17, 15) is 9.59 Å². The minimum Gasteiger partial charge on any atom is -0.490 e. The summed E-state index contributed by atoms with van der Waals surface area (Å²) in [5, 5.41) is 5.03. The lowest BCUT2D eigenvalue weighted by Gasteiger charge is -2.30. The Morgan fingerprint density at radius 1 is 1.16 bits per heavy atom.